The van der Waals surface area contributed by atoms with Crippen molar-refractivity contribution in [3.8, 4) is 0 Å². The summed E-state index contributed by atoms with van der Waals surface area (Å²) < 4.78 is 1.25. The summed E-state index contributed by atoms with van der Waals surface area (Å²) in [6, 6.07) is 9.56. The molecule has 0 amide bonds. The van der Waals surface area contributed by atoms with Crippen LogP contribution in [0, 0.1) is 11.8 Å². The maximum Gasteiger partial charge on any atom is 0.414 e. The van der Waals surface area contributed by atoms with Crippen molar-refractivity contribution in [2.24, 2.45) is 11.8 Å². The van der Waals surface area contributed by atoms with E-state index < -0.39 is 11.9 Å². The second-order valence-corrected chi connectivity index (χ2v) is 8.61. The predicted octanol–water partition coefficient (Wildman–Crippen LogP) is 2.91. The Kier molecular flexibility index (Phi) is 6.89. The molecule has 148 valence electrons. The Morgan fingerprint density at radius 3 is 2.19 bits per heavy atom. The fourth-order valence-corrected chi connectivity index (χ4v) is 5.19. The number of carbonyl (C=O) groups is 2. The Morgan fingerprint density at radius 1 is 1.00 bits per heavy atom. The summed E-state index contributed by atoms with van der Waals surface area (Å²) in [5.74, 6) is -1.55. The van der Waals surface area contributed by atoms with Crippen molar-refractivity contribution in [2.75, 3.05) is 26.2 Å². The smallest absolute Gasteiger partial charge is 0.414 e. The van der Waals surface area contributed by atoms with Crippen LogP contribution in [-0.2, 0) is 16.1 Å². The second-order valence-electron chi connectivity index (χ2n) is 7.76. The van der Waals surface area contributed by atoms with Gasteiger partial charge in [0.1, 0.15) is 0 Å². The number of benzene rings is 1. The molecule has 2 aliphatic carbocycles. The zero-order chi connectivity index (χ0) is 19.4. The van der Waals surface area contributed by atoms with E-state index in [2.05, 4.69) is 50.0 Å². The third-order valence-corrected chi connectivity index (χ3v) is 6.89. The van der Waals surface area contributed by atoms with E-state index in [1.54, 1.807) is 0 Å². The van der Waals surface area contributed by atoms with Crippen LogP contribution in [0.15, 0.2) is 28.7 Å². The van der Waals surface area contributed by atoms with E-state index in [1.807, 2.05) is 0 Å². The number of nitrogens with zero attached hydrogens (tertiary/aromatic N) is 2. The van der Waals surface area contributed by atoms with Crippen molar-refractivity contribution >= 4 is 27.9 Å². The highest BCUT2D eigenvalue weighted by molar-refractivity contribution is 9.10. The molecule has 0 aromatic heterocycles. The molecule has 1 aromatic carbocycles. The predicted molar refractivity (Wildman–Crippen MR) is 105 cm³/mol. The van der Waals surface area contributed by atoms with Gasteiger partial charge in [0.25, 0.3) is 0 Å². The van der Waals surface area contributed by atoms with E-state index >= 15 is 0 Å². The standard InChI is InChI=1S/C18H25BrN2.C2H2O4/c19-17-4-2-1-3-16(17)13-20-7-9-21(10-8-20)18-12-14-5-6-15(18)11-14;3-1(4)2(5)6/h1-4,14-15,18H,5-13H2;(H,3,4)(H,5,6). The average molecular weight is 439 g/mol. The number of aliphatic carboxylic acids is 2. The highest BCUT2D eigenvalue weighted by Crippen LogP contribution is 2.46. The quantitative estimate of drug-likeness (QED) is 0.706. The minimum atomic E-state index is -1.82. The molecule has 3 atom stereocenters. The Morgan fingerprint density at radius 2 is 1.67 bits per heavy atom. The van der Waals surface area contributed by atoms with Gasteiger partial charge in [0, 0.05) is 43.2 Å². The van der Waals surface area contributed by atoms with Crippen LogP contribution in [0.2, 0.25) is 0 Å². The first-order chi connectivity index (χ1) is 12.9. The number of piperazine rings is 1. The molecule has 2 bridgehead atoms. The van der Waals surface area contributed by atoms with Gasteiger partial charge in [-0.1, -0.05) is 40.5 Å². The summed E-state index contributed by atoms with van der Waals surface area (Å²) >= 11 is 3.67. The topological polar surface area (TPSA) is 81.1 Å². The van der Waals surface area contributed by atoms with Crippen LogP contribution in [0.3, 0.4) is 0 Å². The van der Waals surface area contributed by atoms with Crippen molar-refractivity contribution in [1.29, 1.82) is 0 Å². The molecular formula is C20H27BrN2O4. The van der Waals surface area contributed by atoms with Crippen molar-refractivity contribution in [2.45, 2.75) is 38.3 Å². The van der Waals surface area contributed by atoms with Crippen molar-refractivity contribution < 1.29 is 19.8 Å². The zero-order valence-electron chi connectivity index (χ0n) is 15.4. The maximum atomic E-state index is 9.10. The fourth-order valence-electron chi connectivity index (χ4n) is 4.78. The van der Waals surface area contributed by atoms with Crippen molar-refractivity contribution in [1.82, 2.24) is 9.80 Å². The van der Waals surface area contributed by atoms with E-state index in [0.29, 0.717) is 0 Å². The SMILES string of the molecule is Brc1ccccc1CN1CCN(C2CC3CCC2C3)CC1.O=C(O)C(=O)O. The molecule has 0 spiro atoms. The van der Waals surface area contributed by atoms with E-state index in [1.165, 1.54) is 61.9 Å². The fraction of sp³-hybridized carbons (Fsp3) is 0.600. The summed E-state index contributed by atoms with van der Waals surface area (Å²) in [5.41, 5.74) is 1.42. The number of hydrogen-bond acceptors (Lipinski definition) is 4. The molecular weight excluding hydrogens is 412 g/mol. The molecule has 1 aliphatic heterocycles. The van der Waals surface area contributed by atoms with Gasteiger partial charge in [-0.3, -0.25) is 9.80 Å². The number of carboxylic acid groups (broad SMARTS) is 2. The summed E-state index contributed by atoms with van der Waals surface area (Å²) in [5, 5.41) is 14.8. The Hall–Kier alpha value is -1.44. The molecule has 7 heteroatoms. The lowest BCUT2D eigenvalue weighted by atomic mass is 9.93. The lowest BCUT2D eigenvalue weighted by Gasteiger charge is -2.41. The van der Waals surface area contributed by atoms with E-state index in [-0.39, 0.29) is 0 Å². The molecule has 3 unspecified atom stereocenters. The zero-order valence-corrected chi connectivity index (χ0v) is 17.0. The molecule has 1 heterocycles. The van der Waals surface area contributed by atoms with Gasteiger partial charge in [-0.2, -0.15) is 0 Å². The number of rotatable bonds is 3. The van der Waals surface area contributed by atoms with Crippen molar-refractivity contribution in [3.63, 3.8) is 0 Å². The van der Waals surface area contributed by atoms with Crippen LogP contribution in [0.1, 0.15) is 31.2 Å². The van der Waals surface area contributed by atoms with Gasteiger partial charge < -0.3 is 10.2 Å². The monoisotopic (exact) mass is 438 g/mol. The Labute approximate surface area is 168 Å². The molecule has 3 aliphatic rings. The van der Waals surface area contributed by atoms with Gasteiger partial charge in [0.15, 0.2) is 0 Å². The van der Waals surface area contributed by atoms with Crippen LogP contribution in [0.5, 0.6) is 0 Å². The molecule has 6 nitrogen and oxygen atoms in total. The van der Waals surface area contributed by atoms with E-state index in [0.717, 1.165) is 24.4 Å². The van der Waals surface area contributed by atoms with Gasteiger partial charge in [0.2, 0.25) is 0 Å². The van der Waals surface area contributed by atoms with Gasteiger partial charge in [-0.25, -0.2) is 9.59 Å². The van der Waals surface area contributed by atoms with E-state index in [9.17, 15) is 0 Å². The first-order valence-corrected chi connectivity index (χ1v) is 10.4. The molecule has 2 N–H and O–H groups in total. The molecule has 0 radical (unpaired) electrons. The average Bonchev–Trinajstić information content (AvgIpc) is 3.28. The number of carboxylic acids is 2. The Balaban J connectivity index is 0.000000307. The molecule has 4 rings (SSSR count). The highest BCUT2D eigenvalue weighted by Gasteiger charge is 2.42. The van der Waals surface area contributed by atoms with Gasteiger partial charge in [-0.05, 0) is 42.7 Å². The first-order valence-electron chi connectivity index (χ1n) is 9.60. The number of halogens is 1. The third kappa shape index (κ3) is 5.30. The number of fused-ring (bicyclic) bond motifs is 2. The van der Waals surface area contributed by atoms with Crippen LogP contribution in [0.4, 0.5) is 0 Å². The second kappa shape index (κ2) is 9.17. The molecule has 2 saturated carbocycles. The van der Waals surface area contributed by atoms with Gasteiger partial charge in [-0.15, -0.1) is 0 Å². The highest BCUT2D eigenvalue weighted by atomic mass is 79.9. The minimum absolute atomic E-state index is 0.925. The Bertz CT molecular complexity index is 664. The maximum absolute atomic E-state index is 9.10. The summed E-state index contributed by atoms with van der Waals surface area (Å²) in [6.07, 6.45) is 6.05. The third-order valence-electron chi connectivity index (χ3n) is 6.11. The number of hydrogen-bond donors (Lipinski definition) is 2. The lowest BCUT2D eigenvalue weighted by molar-refractivity contribution is -0.159. The summed E-state index contributed by atoms with van der Waals surface area (Å²) in [7, 11) is 0. The van der Waals surface area contributed by atoms with Crippen LogP contribution in [-0.4, -0.2) is 64.2 Å². The van der Waals surface area contributed by atoms with Gasteiger partial charge in [0.05, 0.1) is 0 Å². The summed E-state index contributed by atoms with van der Waals surface area (Å²) in [6.45, 7) is 6.10. The van der Waals surface area contributed by atoms with Gasteiger partial charge >= 0.3 is 11.9 Å². The van der Waals surface area contributed by atoms with Crippen LogP contribution in [0.25, 0.3) is 0 Å². The largest absolute Gasteiger partial charge is 0.473 e. The van der Waals surface area contributed by atoms with E-state index in [4.69, 9.17) is 19.8 Å². The summed E-state index contributed by atoms with van der Waals surface area (Å²) in [4.78, 5) is 23.6. The van der Waals surface area contributed by atoms with Crippen LogP contribution < -0.4 is 0 Å². The lowest BCUT2D eigenvalue weighted by Crippen LogP contribution is -2.51. The van der Waals surface area contributed by atoms with Crippen molar-refractivity contribution in [3.05, 3.63) is 34.3 Å². The molecule has 3 fully saturated rings. The molecule has 27 heavy (non-hydrogen) atoms. The molecule has 1 aromatic rings. The molecule has 1 saturated heterocycles. The minimum Gasteiger partial charge on any atom is -0.473 e. The van der Waals surface area contributed by atoms with Crippen LogP contribution >= 0.6 is 15.9 Å². The first kappa shape index (κ1) is 20.3. The normalized spacial score (nSPS) is 27.8.